The summed E-state index contributed by atoms with van der Waals surface area (Å²) in [6.45, 7) is 3.31. The van der Waals surface area contributed by atoms with E-state index in [2.05, 4.69) is 42.2 Å². The maximum Gasteiger partial charge on any atom is 0.125 e. The normalized spacial score (nSPS) is 21.5. The van der Waals surface area contributed by atoms with Crippen molar-refractivity contribution in [3.63, 3.8) is 0 Å². The van der Waals surface area contributed by atoms with Gasteiger partial charge in [0, 0.05) is 42.6 Å². The Morgan fingerprint density at radius 1 is 1.21 bits per heavy atom. The molecule has 0 bridgehead atoms. The fraction of sp³-hybridized carbons (Fsp3) is 0.520. The monoisotopic (exact) mass is 395 g/mol. The Balaban J connectivity index is 1.44. The zero-order valence-electron chi connectivity index (χ0n) is 17.4. The molecule has 0 radical (unpaired) electrons. The molecule has 4 rings (SSSR count). The van der Waals surface area contributed by atoms with Gasteiger partial charge in [0.2, 0.25) is 0 Å². The van der Waals surface area contributed by atoms with Gasteiger partial charge in [0.05, 0.1) is 6.10 Å². The molecule has 4 heteroatoms. The standard InChI is InChI=1S/C25H33NO3/c1-18(7-5-10-19-8-3-2-4-9-19)29-22-16-23-25(24(28)17-22)20(12-14-27)15-21-11-6-13-26(21)23/h2-4,8-9,16-18,20-21,27-28H,5-7,10-15H2,1H3/t18-,20+,21-/m1/s1. The molecule has 0 amide bonds. The van der Waals surface area contributed by atoms with E-state index in [-0.39, 0.29) is 18.6 Å². The van der Waals surface area contributed by atoms with Gasteiger partial charge in [-0.1, -0.05) is 30.3 Å². The summed E-state index contributed by atoms with van der Waals surface area (Å²) in [4.78, 5) is 2.44. The van der Waals surface area contributed by atoms with Crippen LogP contribution in [0.1, 0.15) is 62.5 Å². The van der Waals surface area contributed by atoms with Crippen molar-refractivity contribution in [2.75, 3.05) is 18.1 Å². The lowest BCUT2D eigenvalue weighted by atomic mass is 9.83. The Bertz CT molecular complexity index is 807. The van der Waals surface area contributed by atoms with Crippen molar-refractivity contribution >= 4 is 5.69 Å². The second-order valence-corrected chi connectivity index (χ2v) is 8.62. The topological polar surface area (TPSA) is 52.9 Å². The van der Waals surface area contributed by atoms with Crippen LogP contribution in [0.15, 0.2) is 42.5 Å². The molecule has 0 spiro atoms. The second kappa shape index (κ2) is 9.08. The van der Waals surface area contributed by atoms with E-state index in [1.165, 1.54) is 18.4 Å². The number of aliphatic hydroxyl groups excluding tert-OH is 1. The number of ether oxygens (including phenoxy) is 1. The van der Waals surface area contributed by atoms with Crippen molar-refractivity contribution in [2.45, 2.75) is 69.9 Å². The maximum absolute atomic E-state index is 10.8. The summed E-state index contributed by atoms with van der Waals surface area (Å²) in [6, 6.07) is 15.0. The highest BCUT2D eigenvalue weighted by atomic mass is 16.5. The zero-order chi connectivity index (χ0) is 20.2. The first-order chi connectivity index (χ1) is 14.2. The molecule has 3 atom stereocenters. The molecule has 2 heterocycles. The van der Waals surface area contributed by atoms with Crippen LogP contribution in [0.2, 0.25) is 0 Å². The highest BCUT2D eigenvalue weighted by Gasteiger charge is 2.37. The van der Waals surface area contributed by atoms with Gasteiger partial charge < -0.3 is 19.8 Å². The number of fused-ring (bicyclic) bond motifs is 3. The highest BCUT2D eigenvalue weighted by Crippen LogP contribution is 2.49. The molecule has 2 aromatic rings. The Morgan fingerprint density at radius 3 is 2.83 bits per heavy atom. The lowest BCUT2D eigenvalue weighted by Gasteiger charge is -2.39. The second-order valence-electron chi connectivity index (χ2n) is 8.62. The van der Waals surface area contributed by atoms with E-state index in [9.17, 15) is 10.2 Å². The zero-order valence-corrected chi connectivity index (χ0v) is 17.4. The minimum Gasteiger partial charge on any atom is -0.507 e. The van der Waals surface area contributed by atoms with Crippen LogP contribution in [-0.4, -0.2) is 35.5 Å². The number of benzene rings is 2. The van der Waals surface area contributed by atoms with Crippen molar-refractivity contribution in [1.82, 2.24) is 0 Å². The van der Waals surface area contributed by atoms with Gasteiger partial charge in [0.1, 0.15) is 11.5 Å². The van der Waals surface area contributed by atoms with Crippen LogP contribution in [0.5, 0.6) is 11.5 Å². The summed E-state index contributed by atoms with van der Waals surface area (Å²) in [5.74, 6) is 1.30. The van der Waals surface area contributed by atoms with Gasteiger partial charge in [-0.2, -0.15) is 0 Å². The number of phenolic OH excluding ortho intramolecular Hbond substituents is 1. The molecule has 1 saturated heterocycles. The van der Waals surface area contributed by atoms with Crippen molar-refractivity contribution in [2.24, 2.45) is 0 Å². The molecular formula is C25H33NO3. The molecule has 29 heavy (non-hydrogen) atoms. The van der Waals surface area contributed by atoms with Crippen LogP contribution in [0.4, 0.5) is 5.69 Å². The third-order valence-electron chi connectivity index (χ3n) is 6.50. The number of aromatic hydroxyl groups is 1. The predicted molar refractivity (Wildman–Crippen MR) is 117 cm³/mol. The minimum atomic E-state index is 0.0994. The van der Waals surface area contributed by atoms with E-state index in [1.54, 1.807) is 6.07 Å². The maximum atomic E-state index is 10.8. The molecule has 2 aliphatic rings. The first-order valence-corrected chi connectivity index (χ1v) is 11.1. The number of aryl methyl sites for hydroxylation is 1. The van der Waals surface area contributed by atoms with E-state index in [0.29, 0.717) is 18.2 Å². The van der Waals surface area contributed by atoms with Crippen molar-refractivity contribution < 1.29 is 14.9 Å². The number of rotatable bonds is 8. The van der Waals surface area contributed by atoms with E-state index in [1.807, 2.05) is 6.07 Å². The fourth-order valence-electron chi connectivity index (χ4n) is 5.11. The van der Waals surface area contributed by atoms with Crippen LogP contribution in [0, 0.1) is 0 Å². The van der Waals surface area contributed by atoms with Gasteiger partial charge in [-0.3, -0.25) is 0 Å². The summed E-state index contributed by atoms with van der Waals surface area (Å²) in [5.41, 5.74) is 3.48. The van der Waals surface area contributed by atoms with Crippen molar-refractivity contribution in [1.29, 1.82) is 0 Å². The van der Waals surface area contributed by atoms with Crippen LogP contribution < -0.4 is 9.64 Å². The molecule has 0 aliphatic carbocycles. The third kappa shape index (κ3) is 4.53. The smallest absolute Gasteiger partial charge is 0.125 e. The Morgan fingerprint density at radius 2 is 2.03 bits per heavy atom. The van der Waals surface area contributed by atoms with Crippen LogP contribution in [-0.2, 0) is 6.42 Å². The first-order valence-electron chi connectivity index (χ1n) is 11.1. The molecule has 0 aromatic heterocycles. The Kier molecular flexibility index (Phi) is 6.29. The molecule has 2 aromatic carbocycles. The highest BCUT2D eigenvalue weighted by molar-refractivity contribution is 5.67. The quantitative estimate of drug-likeness (QED) is 0.659. The van der Waals surface area contributed by atoms with Gasteiger partial charge in [-0.05, 0) is 63.4 Å². The molecule has 2 aliphatic heterocycles. The number of phenols is 1. The van der Waals surface area contributed by atoms with Crippen molar-refractivity contribution in [3.05, 3.63) is 53.6 Å². The van der Waals surface area contributed by atoms with E-state index in [0.717, 1.165) is 49.2 Å². The van der Waals surface area contributed by atoms with Gasteiger partial charge in [0.15, 0.2) is 0 Å². The Hall–Kier alpha value is -2.20. The summed E-state index contributed by atoms with van der Waals surface area (Å²) in [7, 11) is 0. The number of hydrogen-bond acceptors (Lipinski definition) is 4. The van der Waals surface area contributed by atoms with Crippen LogP contribution in [0.25, 0.3) is 0 Å². The average molecular weight is 396 g/mol. The van der Waals surface area contributed by atoms with Crippen molar-refractivity contribution in [3.8, 4) is 11.5 Å². The molecule has 0 unspecified atom stereocenters. The average Bonchev–Trinajstić information content (AvgIpc) is 3.17. The van der Waals surface area contributed by atoms with Crippen LogP contribution in [0.3, 0.4) is 0 Å². The Labute approximate surface area is 174 Å². The van der Waals surface area contributed by atoms with Crippen LogP contribution >= 0.6 is 0 Å². The molecular weight excluding hydrogens is 362 g/mol. The number of aliphatic hydroxyl groups is 1. The fourth-order valence-corrected chi connectivity index (χ4v) is 5.11. The first kappa shape index (κ1) is 20.1. The largest absolute Gasteiger partial charge is 0.507 e. The van der Waals surface area contributed by atoms with Gasteiger partial charge in [-0.25, -0.2) is 0 Å². The number of hydrogen-bond donors (Lipinski definition) is 2. The third-order valence-corrected chi connectivity index (χ3v) is 6.50. The predicted octanol–water partition coefficient (Wildman–Crippen LogP) is 5.02. The summed E-state index contributed by atoms with van der Waals surface area (Å²) >= 11 is 0. The summed E-state index contributed by atoms with van der Waals surface area (Å²) < 4.78 is 6.21. The molecule has 0 saturated carbocycles. The summed E-state index contributed by atoms with van der Waals surface area (Å²) in [5, 5.41) is 20.3. The molecule has 156 valence electrons. The number of anilines is 1. The van der Waals surface area contributed by atoms with Gasteiger partial charge >= 0.3 is 0 Å². The van der Waals surface area contributed by atoms with E-state index < -0.39 is 0 Å². The molecule has 4 nitrogen and oxygen atoms in total. The summed E-state index contributed by atoms with van der Waals surface area (Å²) in [6.07, 6.45) is 7.34. The van der Waals surface area contributed by atoms with E-state index in [4.69, 9.17) is 4.74 Å². The van der Waals surface area contributed by atoms with Gasteiger partial charge in [-0.15, -0.1) is 0 Å². The minimum absolute atomic E-state index is 0.0994. The molecule has 1 fully saturated rings. The van der Waals surface area contributed by atoms with E-state index >= 15 is 0 Å². The number of nitrogens with zero attached hydrogens (tertiary/aromatic N) is 1. The lowest BCUT2D eigenvalue weighted by molar-refractivity contribution is 0.207. The van der Waals surface area contributed by atoms with Gasteiger partial charge in [0.25, 0.3) is 0 Å². The lowest BCUT2D eigenvalue weighted by Crippen LogP contribution is -2.36. The molecule has 2 N–H and O–H groups in total. The SMILES string of the molecule is C[C@H](CCCc1ccccc1)Oc1cc(O)c2c(c1)N1CCC[C@@H]1C[C@@H]2CCO.